The minimum absolute atomic E-state index is 0.138. The van der Waals surface area contributed by atoms with Crippen molar-refractivity contribution in [1.82, 2.24) is 5.32 Å². The van der Waals surface area contributed by atoms with Gasteiger partial charge in [0.1, 0.15) is 5.82 Å². The fourth-order valence-electron chi connectivity index (χ4n) is 2.21. The summed E-state index contributed by atoms with van der Waals surface area (Å²) in [6.07, 6.45) is 4.65. The van der Waals surface area contributed by atoms with Gasteiger partial charge >= 0.3 is 0 Å². The Morgan fingerprint density at radius 2 is 2.18 bits per heavy atom. The van der Waals surface area contributed by atoms with Gasteiger partial charge < -0.3 is 5.32 Å². The molecule has 1 aromatic rings. The standard InChI is InChI=1S/C14H19BrFN/c1-2-7-17-10-14(5-6-14)9-11-8-12(16)3-4-13(11)15/h3-4,8,17H,2,5-7,9-10H2,1H3. The molecule has 0 aliphatic heterocycles. The van der Waals surface area contributed by atoms with Gasteiger partial charge in [0.05, 0.1) is 0 Å². The third kappa shape index (κ3) is 3.52. The van der Waals surface area contributed by atoms with Crippen molar-refractivity contribution in [3.05, 3.63) is 34.1 Å². The zero-order valence-corrected chi connectivity index (χ0v) is 11.8. The van der Waals surface area contributed by atoms with E-state index in [4.69, 9.17) is 0 Å². The highest BCUT2D eigenvalue weighted by atomic mass is 79.9. The molecule has 3 heteroatoms. The van der Waals surface area contributed by atoms with Gasteiger partial charge in [-0.2, -0.15) is 0 Å². The molecule has 1 nitrogen and oxygen atoms in total. The zero-order chi connectivity index (χ0) is 12.3. The summed E-state index contributed by atoms with van der Waals surface area (Å²) in [4.78, 5) is 0. The Hall–Kier alpha value is -0.410. The van der Waals surface area contributed by atoms with Gasteiger partial charge in [-0.25, -0.2) is 4.39 Å². The van der Waals surface area contributed by atoms with E-state index in [1.54, 1.807) is 12.1 Å². The van der Waals surface area contributed by atoms with Crippen LogP contribution in [0.3, 0.4) is 0 Å². The second kappa shape index (κ2) is 5.49. The molecule has 0 bridgehead atoms. The van der Waals surface area contributed by atoms with Gasteiger partial charge in [-0.05, 0) is 61.4 Å². The van der Waals surface area contributed by atoms with Gasteiger partial charge in [-0.3, -0.25) is 0 Å². The Morgan fingerprint density at radius 1 is 1.41 bits per heavy atom. The van der Waals surface area contributed by atoms with Crippen molar-refractivity contribution in [1.29, 1.82) is 0 Å². The lowest BCUT2D eigenvalue weighted by atomic mass is 9.96. The van der Waals surface area contributed by atoms with Crippen molar-refractivity contribution in [2.24, 2.45) is 5.41 Å². The number of hydrogen-bond acceptors (Lipinski definition) is 1. The minimum atomic E-state index is -0.138. The molecule has 0 amide bonds. The molecule has 94 valence electrons. The van der Waals surface area contributed by atoms with Crippen LogP contribution in [0.15, 0.2) is 22.7 Å². The summed E-state index contributed by atoms with van der Waals surface area (Å²) in [5, 5.41) is 3.48. The Kier molecular flexibility index (Phi) is 4.21. The van der Waals surface area contributed by atoms with Crippen molar-refractivity contribution < 1.29 is 4.39 Å². The van der Waals surface area contributed by atoms with E-state index in [0.717, 1.165) is 29.5 Å². The summed E-state index contributed by atoms with van der Waals surface area (Å²) >= 11 is 3.51. The molecule has 1 aromatic carbocycles. The lowest BCUT2D eigenvalue weighted by molar-refractivity contribution is 0.454. The van der Waals surface area contributed by atoms with Gasteiger partial charge in [-0.15, -0.1) is 0 Å². The normalized spacial score (nSPS) is 17.1. The van der Waals surface area contributed by atoms with Crippen LogP contribution in [0.1, 0.15) is 31.7 Å². The first-order chi connectivity index (χ1) is 8.15. The summed E-state index contributed by atoms with van der Waals surface area (Å²) in [5.74, 6) is -0.138. The second-order valence-corrected chi connectivity index (χ2v) is 5.94. The Balaban J connectivity index is 1.97. The molecule has 1 fully saturated rings. The number of nitrogens with one attached hydrogen (secondary N) is 1. The largest absolute Gasteiger partial charge is 0.316 e. The van der Waals surface area contributed by atoms with Crippen molar-refractivity contribution >= 4 is 15.9 Å². The third-order valence-corrected chi connectivity index (χ3v) is 4.23. The van der Waals surface area contributed by atoms with Gasteiger partial charge in [-0.1, -0.05) is 22.9 Å². The van der Waals surface area contributed by atoms with E-state index in [-0.39, 0.29) is 5.82 Å². The Labute approximate surface area is 111 Å². The fourth-order valence-corrected chi connectivity index (χ4v) is 2.59. The Morgan fingerprint density at radius 3 is 2.82 bits per heavy atom. The number of benzene rings is 1. The molecule has 1 N–H and O–H groups in total. The van der Waals surface area contributed by atoms with Crippen LogP contribution in [-0.2, 0) is 6.42 Å². The van der Waals surface area contributed by atoms with Crippen LogP contribution in [0.25, 0.3) is 0 Å². The molecule has 0 heterocycles. The molecule has 0 radical (unpaired) electrons. The Bertz CT molecular complexity index is 388. The monoisotopic (exact) mass is 299 g/mol. The van der Waals surface area contributed by atoms with Gasteiger partial charge in [0.15, 0.2) is 0 Å². The van der Waals surface area contributed by atoms with Crippen LogP contribution < -0.4 is 5.32 Å². The molecule has 1 saturated carbocycles. The third-order valence-electron chi connectivity index (χ3n) is 3.46. The molecule has 0 spiro atoms. The van der Waals surface area contributed by atoms with Crippen LogP contribution in [-0.4, -0.2) is 13.1 Å². The highest BCUT2D eigenvalue weighted by molar-refractivity contribution is 9.10. The number of rotatable bonds is 6. The van der Waals surface area contributed by atoms with Crippen LogP contribution in [0.5, 0.6) is 0 Å². The predicted octanol–water partition coefficient (Wildman–Crippen LogP) is 3.91. The molecular formula is C14H19BrFN. The van der Waals surface area contributed by atoms with Crippen LogP contribution in [0.4, 0.5) is 4.39 Å². The van der Waals surface area contributed by atoms with Gasteiger partial charge in [0.25, 0.3) is 0 Å². The van der Waals surface area contributed by atoms with Crippen LogP contribution >= 0.6 is 15.9 Å². The summed E-state index contributed by atoms with van der Waals surface area (Å²) < 4.78 is 14.2. The molecule has 0 unspecified atom stereocenters. The van der Waals surface area contributed by atoms with E-state index in [9.17, 15) is 4.39 Å². The van der Waals surface area contributed by atoms with Crippen LogP contribution in [0.2, 0.25) is 0 Å². The number of hydrogen-bond donors (Lipinski definition) is 1. The topological polar surface area (TPSA) is 12.0 Å². The van der Waals surface area contributed by atoms with Crippen molar-refractivity contribution in [3.8, 4) is 0 Å². The van der Waals surface area contributed by atoms with E-state index in [0.29, 0.717) is 5.41 Å². The molecule has 0 aromatic heterocycles. The minimum Gasteiger partial charge on any atom is -0.316 e. The highest BCUT2D eigenvalue weighted by Crippen LogP contribution is 2.48. The van der Waals surface area contributed by atoms with E-state index in [1.807, 2.05) is 0 Å². The van der Waals surface area contributed by atoms with Crippen molar-refractivity contribution in [3.63, 3.8) is 0 Å². The van der Waals surface area contributed by atoms with Crippen molar-refractivity contribution in [2.45, 2.75) is 32.6 Å². The second-order valence-electron chi connectivity index (χ2n) is 5.09. The first-order valence-corrected chi connectivity index (χ1v) is 7.09. The summed E-state index contributed by atoms with van der Waals surface area (Å²) in [6, 6.07) is 4.96. The molecule has 17 heavy (non-hydrogen) atoms. The summed E-state index contributed by atoms with van der Waals surface area (Å²) in [5.41, 5.74) is 1.48. The smallest absolute Gasteiger partial charge is 0.123 e. The van der Waals surface area contributed by atoms with E-state index < -0.39 is 0 Å². The number of halogens is 2. The van der Waals surface area contributed by atoms with E-state index in [1.165, 1.54) is 25.3 Å². The SMILES string of the molecule is CCCNCC1(Cc2cc(F)ccc2Br)CC1. The maximum absolute atomic E-state index is 13.2. The lowest BCUT2D eigenvalue weighted by Crippen LogP contribution is -2.26. The molecular weight excluding hydrogens is 281 g/mol. The lowest BCUT2D eigenvalue weighted by Gasteiger charge is -2.17. The summed E-state index contributed by atoms with van der Waals surface area (Å²) in [6.45, 7) is 4.31. The average molecular weight is 300 g/mol. The van der Waals surface area contributed by atoms with Crippen molar-refractivity contribution in [2.75, 3.05) is 13.1 Å². The molecule has 1 aliphatic carbocycles. The first kappa shape index (κ1) is 13.0. The molecule has 0 saturated heterocycles. The van der Waals surface area contributed by atoms with Gasteiger partial charge in [0.2, 0.25) is 0 Å². The quantitative estimate of drug-likeness (QED) is 0.785. The van der Waals surface area contributed by atoms with E-state index in [2.05, 4.69) is 28.2 Å². The molecule has 1 aliphatic rings. The predicted molar refractivity (Wildman–Crippen MR) is 72.6 cm³/mol. The highest BCUT2D eigenvalue weighted by Gasteiger charge is 2.42. The molecule has 2 rings (SSSR count). The fraction of sp³-hybridized carbons (Fsp3) is 0.571. The maximum Gasteiger partial charge on any atom is 0.123 e. The van der Waals surface area contributed by atoms with Crippen LogP contribution in [0, 0.1) is 11.2 Å². The zero-order valence-electron chi connectivity index (χ0n) is 10.2. The first-order valence-electron chi connectivity index (χ1n) is 6.30. The maximum atomic E-state index is 13.2. The molecule has 0 atom stereocenters. The average Bonchev–Trinajstić information content (AvgIpc) is 3.04. The summed E-state index contributed by atoms with van der Waals surface area (Å²) in [7, 11) is 0. The van der Waals surface area contributed by atoms with E-state index >= 15 is 0 Å². The van der Waals surface area contributed by atoms with Gasteiger partial charge in [0, 0.05) is 11.0 Å².